The predicted octanol–water partition coefficient (Wildman–Crippen LogP) is 0.348. The Balaban J connectivity index is 2.19. The fraction of sp³-hybridized carbons (Fsp3) is 0.692. The molecule has 0 aromatic rings. The van der Waals surface area contributed by atoms with Crippen molar-refractivity contribution in [2.75, 3.05) is 13.7 Å². The normalized spacial score (nSPS) is 34.6. The topological polar surface area (TPSA) is 77.8 Å². The molecule has 0 radical (unpaired) electrons. The van der Waals surface area contributed by atoms with Crippen LogP contribution in [-0.2, 0) is 9.59 Å². The molecular formula is C13H19NO4. The van der Waals surface area contributed by atoms with E-state index in [1.165, 1.54) is 4.90 Å². The van der Waals surface area contributed by atoms with E-state index in [2.05, 4.69) is 0 Å². The van der Waals surface area contributed by atoms with Gasteiger partial charge in [0, 0.05) is 7.05 Å². The number of aliphatic hydroxyl groups excluding tert-OH is 1. The van der Waals surface area contributed by atoms with Gasteiger partial charge in [-0.05, 0) is 25.2 Å². The molecule has 5 nitrogen and oxygen atoms in total. The van der Waals surface area contributed by atoms with Crippen LogP contribution in [-0.4, -0.2) is 46.7 Å². The zero-order chi connectivity index (χ0) is 13.4. The number of rotatable bonds is 4. The molecule has 1 saturated carbocycles. The molecule has 0 spiro atoms. The van der Waals surface area contributed by atoms with E-state index in [0.29, 0.717) is 0 Å². The minimum Gasteiger partial charge on any atom is -0.481 e. The van der Waals surface area contributed by atoms with Gasteiger partial charge in [0.2, 0.25) is 5.91 Å². The van der Waals surface area contributed by atoms with Crippen LogP contribution in [0.3, 0.4) is 0 Å². The molecule has 2 bridgehead atoms. The maximum Gasteiger partial charge on any atom is 0.307 e. The highest BCUT2D eigenvalue weighted by Gasteiger charge is 2.52. The van der Waals surface area contributed by atoms with Gasteiger partial charge in [0.15, 0.2) is 0 Å². The quantitative estimate of drug-likeness (QED) is 0.709. The Morgan fingerprint density at radius 3 is 2.39 bits per heavy atom. The van der Waals surface area contributed by atoms with Gasteiger partial charge in [-0.25, -0.2) is 0 Å². The summed E-state index contributed by atoms with van der Waals surface area (Å²) in [7, 11) is 1.62. The van der Waals surface area contributed by atoms with Crippen LogP contribution in [0.2, 0.25) is 0 Å². The number of carboxylic acid groups (broad SMARTS) is 1. The fourth-order valence-electron chi connectivity index (χ4n) is 3.07. The number of aliphatic carboxylic acids is 1. The standard InChI is InChI=1S/C13H19NO4/c1-7(6-15)14(2)12(16)10-8-3-4-9(5-8)11(10)13(17)18/h3-4,7-11,15H,5-6H2,1-2H3,(H,17,18). The monoisotopic (exact) mass is 253 g/mol. The van der Waals surface area contributed by atoms with Crippen LogP contribution in [0.15, 0.2) is 12.2 Å². The van der Waals surface area contributed by atoms with Gasteiger partial charge in [0.1, 0.15) is 0 Å². The van der Waals surface area contributed by atoms with Gasteiger partial charge in [-0.3, -0.25) is 9.59 Å². The summed E-state index contributed by atoms with van der Waals surface area (Å²) in [6.45, 7) is 1.63. The summed E-state index contributed by atoms with van der Waals surface area (Å²) in [5.41, 5.74) is 0. The largest absolute Gasteiger partial charge is 0.481 e. The van der Waals surface area contributed by atoms with E-state index in [1.807, 2.05) is 12.2 Å². The molecule has 0 aromatic carbocycles. The Bertz CT molecular complexity index is 392. The molecule has 18 heavy (non-hydrogen) atoms. The Morgan fingerprint density at radius 1 is 1.33 bits per heavy atom. The average molecular weight is 253 g/mol. The first kappa shape index (κ1) is 13.1. The number of carbonyl (C=O) groups excluding carboxylic acids is 1. The molecule has 100 valence electrons. The smallest absolute Gasteiger partial charge is 0.307 e. The van der Waals surface area contributed by atoms with E-state index in [1.54, 1.807) is 14.0 Å². The van der Waals surface area contributed by atoms with E-state index in [4.69, 9.17) is 5.11 Å². The van der Waals surface area contributed by atoms with Crippen LogP contribution in [0.1, 0.15) is 13.3 Å². The zero-order valence-electron chi connectivity index (χ0n) is 10.6. The summed E-state index contributed by atoms with van der Waals surface area (Å²) in [5, 5.41) is 18.4. The van der Waals surface area contributed by atoms with Crippen LogP contribution in [0.5, 0.6) is 0 Å². The molecule has 5 atom stereocenters. The third-order valence-corrected chi connectivity index (χ3v) is 4.30. The predicted molar refractivity (Wildman–Crippen MR) is 64.7 cm³/mol. The van der Waals surface area contributed by atoms with Crippen LogP contribution in [0.4, 0.5) is 0 Å². The van der Waals surface area contributed by atoms with E-state index in [9.17, 15) is 14.7 Å². The van der Waals surface area contributed by atoms with Gasteiger partial charge < -0.3 is 15.1 Å². The maximum absolute atomic E-state index is 12.4. The third-order valence-electron chi connectivity index (χ3n) is 4.30. The van der Waals surface area contributed by atoms with Crippen molar-refractivity contribution in [2.45, 2.75) is 19.4 Å². The number of fused-ring (bicyclic) bond motifs is 2. The van der Waals surface area contributed by atoms with Gasteiger partial charge in [-0.2, -0.15) is 0 Å². The number of likely N-dealkylation sites (N-methyl/N-ethyl adjacent to an activating group) is 1. The summed E-state index contributed by atoms with van der Waals surface area (Å²) in [4.78, 5) is 25.1. The summed E-state index contributed by atoms with van der Waals surface area (Å²) in [6.07, 6.45) is 4.64. The average Bonchev–Trinajstić information content (AvgIpc) is 2.95. The van der Waals surface area contributed by atoms with Crippen LogP contribution < -0.4 is 0 Å². The Hall–Kier alpha value is -1.36. The molecule has 2 rings (SSSR count). The highest BCUT2D eigenvalue weighted by molar-refractivity contribution is 5.87. The zero-order valence-corrected chi connectivity index (χ0v) is 10.6. The molecule has 1 amide bonds. The highest BCUT2D eigenvalue weighted by atomic mass is 16.4. The number of amides is 1. The summed E-state index contributed by atoms with van der Waals surface area (Å²) in [5.74, 6) is -2.12. The molecule has 1 fully saturated rings. The van der Waals surface area contributed by atoms with Crippen molar-refractivity contribution in [2.24, 2.45) is 23.7 Å². The van der Waals surface area contributed by atoms with Crippen molar-refractivity contribution in [3.8, 4) is 0 Å². The number of hydrogen-bond acceptors (Lipinski definition) is 3. The Morgan fingerprint density at radius 2 is 1.89 bits per heavy atom. The van der Waals surface area contributed by atoms with Crippen molar-refractivity contribution < 1.29 is 19.8 Å². The Kier molecular flexibility index (Phi) is 3.43. The van der Waals surface area contributed by atoms with Gasteiger partial charge in [0.05, 0.1) is 24.5 Å². The van der Waals surface area contributed by atoms with Gasteiger partial charge >= 0.3 is 5.97 Å². The number of aliphatic hydroxyl groups is 1. The lowest BCUT2D eigenvalue weighted by Crippen LogP contribution is -2.45. The van der Waals surface area contributed by atoms with Crippen molar-refractivity contribution in [1.29, 1.82) is 0 Å². The SMILES string of the molecule is CC(CO)N(C)C(=O)C1C2C=CC(C2)C1C(=O)O. The lowest BCUT2D eigenvalue weighted by Gasteiger charge is -2.31. The summed E-state index contributed by atoms with van der Waals surface area (Å²) >= 11 is 0. The molecule has 0 aliphatic heterocycles. The van der Waals surface area contributed by atoms with Crippen molar-refractivity contribution in [1.82, 2.24) is 4.90 Å². The minimum absolute atomic E-state index is 0.0146. The third kappa shape index (κ3) is 1.92. The van der Waals surface area contributed by atoms with Crippen LogP contribution in [0.25, 0.3) is 0 Å². The molecule has 0 heterocycles. The van der Waals surface area contributed by atoms with E-state index in [0.717, 1.165) is 6.42 Å². The summed E-state index contributed by atoms with van der Waals surface area (Å²) < 4.78 is 0. The van der Waals surface area contributed by atoms with Gasteiger partial charge in [-0.15, -0.1) is 0 Å². The lowest BCUT2D eigenvalue weighted by atomic mass is 9.82. The number of carboxylic acids is 1. The van der Waals surface area contributed by atoms with Gasteiger partial charge in [-0.1, -0.05) is 12.2 Å². The second-order valence-electron chi connectivity index (χ2n) is 5.32. The fourth-order valence-corrected chi connectivity index (χ4v) is 3.07. The van der Waals surface area contributed by atoms with Crippen molar-refractivity contribution in [3.63, 3.8) is 0 Å². The first-order valence-corrected chi connectivity index (χ1v) is 6.26. The number of hydrogen-bond donors (Lipinski definition) is 2. The molecular weight excluding hydrogens is 234 g/mol. The number of nitrogens with zero attached hydrogens (tertiary/aromatic N) is 1. The number of carbonyl (C=O) groups is 2. The summed E-state index contributed by atoms with van der Waals surface area (Å²) in [6, 6.07) is -0.282. The molecule has 2 aliphatic carbocycles. The van der Waals surface area contributed by atoms with Crippen molar-refractivity contribution in [3.05, 3.63) is 12.2 Å². The second-order valence-corrected chi connectivity index (χ2v) is 5.32. The molecule has 0 aromatic heterocycles. The first-order chi connectivity index (χ1) is 8.47. The molecule has 5 unspecified atom stereocenters. The maximum atomic E-state index is 12.4. The van der Waals surface area contributed by atoms with E-state index >= 15 is 0 Å². The first-order valence-electron chi connectivity index (χ1n) is 6.26. The van der Waals surface area contributed by atoms with Crippen LogP contribution in [0, 0.1) is 23.7 Å². The number of allylic oxidation sites excluding steroid dienone is 2. The molecule has 0 saturated heterocycles. The van der Waals surface area contributed by atoms with E-state index < -0.39 is 17.8 Å². The molecule has 2 N–H and O–H groups in total. The highest BCUT2D eigenvalue weighted by Crippen LogP contribution is 2.48. The van der Waals surface area contributed by atoms with Crippen molar-refractivity contribution >= 4 is 11.9 Å². The van der Waals surface area contributed by atoms with E-state index in [-0.39, 0.29) is 30.4 Å². The van der Waals surface area contributed by atoms with Crippen LogP contribution >= 0.6 is 0 Å². The molecule has 2 aliphatic rings. The molecule has 5 heteroatoms. The lowest BCUT2D eigenvalue weighted by molar-refractivity contribution is -0.151. The van der Waals surface area contributed by atoms with Gasteiger partial charge in [0.25, 0.3) is 0 Å². The second kappa shape index (κ2) is 4.72. The Labute approximate surface area is 106 Å². The minimum atomic E-state index is -0.893.